The van der Waals surface area contributed by atoms with Gasteiger partial charge in [0.2, 0.25) is 5.91 Å². The van der Waals surface area contributed by atoms with E-state index in [1.54, 1.807) is 0 Å². The summed E-state index contributed by atoms with van der Waals surface area (Å²) in [5.41, 5.74) is 1.88. The number of anilines is 2. The molecule has 2 aromatic rings. The van der Waals surface area contributed by atoms with Crippen molar-refractivity contribution in [2.24, 2.45) is 0 Å². The van der Waals surface area contributed by atoms with Gasteiger partial charge in [0.1, 0.15) is 10.8 Å². The number of carbonyl (C=O) groups is 2. The number of ether oxygens (including phenoxy) is 1. The normalized spacial score (nSPS) is 12.6. The lowest BCUT2D eigenvalue weighted by molar-refractivity contribution is -0.114. The summed E-state index contributed by atoms with van der Waals surface area (Å²) in [6.45, 7) is -0.0610. The van der Waals surface area contributed by atoms with Crippen LogP contribution in [-0.2, 0) is 22.4 Å². The maximum Gasteiger partial charge on any atom is 0.341 e. The second kappa shape index (κ2) is 7.41. The van der Waals surface area contributed by atoms with Gasteiger partial charge >= 0.3 is 5.97 Å². The third kappa shape index (κ3) is 3.77. The van der Waals surface area contributed by atoms with Gasteiger partial charge in [0, 0.05) is 4.88 Å². The number of amides is 1. The number of methoxy groups -OCH3 is 1. The molecule has 0 aliphatic heterocycles. The number of aryl methyl sites for hydroxylation is 1. The third-order valence-electron chi connectivity index (χ3n) is 3.93. The number of hydrogen-bond acceptors (Lipinski definition) is 5. The van der Waals surface area contributed by atoms with Crippen molar-refractivity contribution in [1.82, 2.24) is 0 Å². The van der Waals surface area contributed by atoms with Gasteiger partial charge in [0.05, 0.1) is 29.9 Å². The molecule has 2 N–H and O–H groups in total. The Hall–Kier alpha value is -2.12. The van der Waals surface area contributed by atoms with Gasteiger partial charge in [-0.2, -0.15) is 0 Å². The zero-order chi connectivity index (χ0) is 18.0. The Morgan fingerprint density at radius 2 is 2.16 bits per heavy atom. The molecule has 1 aliphatic rings. The molecule has 0 atom stereocenters. The van der Waals surface area contributed by atoms with Crippen LogP contribution in [0.25, 0.3) is 0 Å². The van der Waals surface area contributed by atoms with Gasteiger partial charge in [0.15, 0.2) is 0 Å². The molecule has 0 spiro atoms. The molecule has 1 amide bonds. The van der Waals surface area contributed by atoms with E-state index in [-0.39, 0.29) is 17.5 Å². The highest BCUT2D eigenvalue weighted by Crippen LogP contribution is 2.39. The number of nitrogens with one attached hydrogen (secondary N) is 2. The number of carbonyl (C=O) groups excluding carboxylic acids is 2. The molecule has 0 bridgehead atoms. The molecule has 25 heavy (non-hydrogen) atoms. The van der Waals surface area contributed by atoms with E-state index in [0.29, 0.717) is 16.3 Å². The molecule has 1 aromatic heterocycles. The summed E-state index contributed by atoms with van der Waals surface area (Å²) in [6, 6.07) is 3.89. The average molecular weight is 383 g/mol. The van der Waals surface area contributed by atoms with Crippen LogP contribution in [-0.4, -0.2) is 25.5 Å². The van der Waals surface area contributed by atoms with E-state index in [0.717, 1.165) is 29.7 Å². The number of benzene rings is 1. The highest BCUT2D eigenvalue weighted by molar-refractivity contribution is 7.17. The van der Waals surface area contributed by atoms with Crippen LogP contribution in [0.5, 0.6) is 0 Å². The van der Waals surface area contributed by atoms with Gasteiger partial charge in [-0.1, -0.05) is 11.6 Å². The van der Waals surface area contributed by atoms with Crippen molar-refractivity contribution in [1.29, 1.82) is 0 Å². The molecule has 1 aliphatic carbocycles. The first-order valence-electron chi connectivity index (χ1n) is 7.71. The summed E-state index contributed by atoms with van der Waals surface area (Å²) in [5, 5.41) is 6.31. The fraction of sp³-hybridized carbons (Fsp3) is 0.294. The maximum absolute atomic E-state index is 13.0. The van der Waals surface area contributed by atoms with Crippen LogP contribution in [0, 0.1) is 5.82 Å². The maximum atomic E-state index is 13.0. The summed E-state index contributed by atoms with van der Waals surface area (Å²) < 4.78 is 17.9. The lowest BCUT2D eigenvalue weighted by Crippen LogP contribution is -2.22. The largest absolute Gasteiger partial charge is 0.465 e. The van der Waals surface area contributed by atoms with Gasteiger partial charge in [-0.3, -0.25) is 4.79 Å². The SMILES string of the molecule is COC(=O)c1c(NC(=O)CNc2ccc(F)cc2Cl)sc2c1CCC2. The van der Waals surface area contributed by atoms with Crippen LogP contribution in [0.15, 0.2) is 18.2 Å². The Morgan fingerprint density at radius 1 is 1.36 bits per heavy atom. The number of rotatable bonds is 5. The van der Waals surface area contributed by atoms with Crippen LogP contribution in [0.4, 0.5) is 15.1 Å². The summed E-state index contributed by atoms with van der Waals surface area (Å²) in [7, 11) is 1.32. The van der Waals surface area contributed by atoms with Crippen LogP contribution < -0.4 is 10.6 Å². The average Bonchev–Trinajstić information content (AvgIpc) is 3.14. The van der Waals surface area contributed by atoms with Crippen LogP contribution in [0.3, 0.4) is 0 Å². The fourth-order valence-corrected chi connectivity index (χ4v) is 4.32. The van der Waals surface area contributed by atoms with Crippen molar-refractivity contribution < 1.29 is 18.7 Å². The first-order chi connectivity index (χ1) is 12.0. The van der Waals surface area contributed by atoms with E-state index in [2.05, 4.69) is 10.6 Å². The van der Waals surface area contributed by atoms with Gasteiger partial charge in [-0.15, -0.1) is 11.3 Å². The molecule has 1 aromatic carbocycles. The van der Waals surface area contributed by atoms with E-state index < -0.39 is 11.8 Å². The minimum Gasteiger partial charge on any atom is -0.465 e. The van der Waals surface area contributed by atoms with Crippen molar-refractivity contribution >= 4 is 45.5 Å². The molecule has 8 heteroatoms. The van der Waals surface area contributed by atoms with Gasteiger partial charge in [-0.05, 0) is 43.0 Å². The zero-order valence-corrected chi connectivity index (χ0v) is 15.0. The summed E-state index contributed by atoms with van der Waals surface area (Å²) in [5.74, 6) is -1.22. The van der Waals surface area contributed by atoms with Crippen molar-refractivity contribution in [2.75, 3.05) is 24.3 Å². The van der Waals surface area contributed by atoms with Crippen LogP contribution >= 0.6 is 22.9 Å². The first-order valence-corrected chi connectivity index (χ1v) is 8.90. The number of halogens is 2. The van der Waals surface area contributed by atoms with E-state index in [1.165, 1.54) is 36.6 Å². The Balaban J connectivity index is 1.70. The van der Waals surface area contributed by atoms with Crippen LogP contribution in [0.2, 0.25) is 5.02 Å². The lowest BCUT2D eigenvalue weighted by atomic mass is 10.1. The van der Waals surface area contributed by atoms with E-state index in [1.807, 2.05) is 0 Å². The summed E-state index contributed by atoms with van der Waals surface area (Å²) >= 11 is 7.33. The highest BCUT2D eigenvalue weighted by Gasteiger charge is 2.27. The van der Waals surface area contributed by atoms with E-state index in [9.17, 15) is 14.0 Å². The Kier molecular flexibility index (Phi) is 5.24. The molecular formula is C17H16ClFN2O3S. The quantitative estimate of drug-likeness (QED) is 0.770. The van der Waals surface area contributed by atoms with Crippen molar-refractivity contribution in [2.45, 2.75) is 19.3 Å². The number of fused-ring (bicyclic) bond motifs is 1. The fourth-order valence-electron chi connectivity index (χ4n) is 2.79. The highest BCUT2D eigenvalue weighted by atomic mass is 35.5. The monoisotopic (exact) mass is 382 g/mol. The van der Waals surface area contributed by atoms with Crippen LogP contribution in [0.1, 0.15) is 27.2 Å². The molecule has 0 saturated carbocycles. The lowest BCUT2D eigenvalue weighted by Gasteiger charge is -2.10. The van der Waals surface area contributed by atoms with E-state index in [4.69, 9.17) is 16.3 Å². The standard InChI is InChI=1S/C17H16ClFN2O3S/c1-24-17(23)15-10-3-2-4-13(10)25-16(15)21-14(22)8-20-12-6-5-9(19)7-11(12)18/h5-7,20H,2-4,8H2,1H3,(H,21,22). The Labute approximate surface area is 153 Å². The topological polar surface area (TPSA) is 67.4 Å². The number of esters is 1. The van der Waals surface area contributed by atoms with Crippen molar-refractivity contribution in [3.8, 4) is 0 Å². The zero-order valence-electron chi connectivity index (χ0n) is 13.4. The van der Waals surface area contributed by atoms with Crippen molar-refractivity contribution in [3.63, 3.8) is 0 Å². The molecular weight excluding hydrogens is 367 g/mol. The number of hydrogen-bond donors (Lipinski definition) is 2. The minimum atomic E-state index is -0.448. The molecule has 132 valence electrons. The second-order valence-corrected chi connectivity index (χ2v) is 7.09. The predicted molar refractivity (Wildman–Crippen MR) is 96.2 cm³/mol. The van der Waals surface area contributed by atoms with Gasteiger partial charge < -0.3 is 15.4 Å². The van der Waals surface area contributed by atoms with Crippen molar-refractivity contribution in [3.05, 3.63) is 45.0 Å². The van der Waals surface area contributed by atoms with E-state index >= 15 is 0 Å². The molecule has 1 heterocycles. The smallest absolute Gasteiger partial charge is 0.341 e. The summed E-state index contributed by atoms with van der Waals surface area (Å²) in [4.78, 5) is 25.4. The Morgan fingerprint density at radius 3 is 2.88 bits per heavy atom. The first kappa shape index (κ1) is 17.7. The molecule has 0 saturated heterocycles. The third-order valence-corrected chi connectivity index (χ3v) is 5.45. The molecule has 0 unspecified atom stereocenters. The Bertz CT molecular complexity index is 838. The molecule has 0 radical (unpaired) electrons. The summed E-state index contributed by atoms with van der Waals surface area (Å²) in [6.07, 6.45) is 2.73. The predicted octanol–water partition coefficient (Wildman–Crippen LogP) is 3.87. The molecule has 3 rings (SSSR count). The van der Waals surface area contributed by atoms with Gasteiger partial charge in [-0.25, -0.2) is 9.18 Å². The minimum absolute atomic E-state index is 0.0610. The second-order valence-electron chi connectivity index (χ2n) is 5.58. The van der Waals surface area contributed by atoms with Gasteiger partial charge in [0.25, 0.3) is 0 Å². The molecule has 0 fully saturated rings. The number of thiophene rings is 1. The molecule has 5 nitrogen and oxygen atoms in total.